The lowest BCUT2D eigenvalue weighted by molar-refractivity contribution is 0.407. The molecule has 0 saturated carbocycles. The number of guanidine groups is 1. The highest BCUT2D eigenvalue weighted by molar-refractivity contribution is 14.0. The second kappa shape index (κ2) is 11.5. The van der Waals surface area contributed by atoms with Gasteiger partial charge in [0, 0.05) is 38.5 Å². The van der Waals surface area contributed by atoms with Gasteiger partial charge in [0.25, 0.3) is 0 Å². The Balaban J connectivity index is 0.00000280. The van der Waals surface area contributed by atoms with E-state index in [1.807, 2.05) is 36.4 Å². The number of halogens is 1. The molecule has 1 aromatic carbocycles. The molecular formula is C20H23IN4O2S. The predicted molar refractivity (Wildman–Crippen MR) is 124 cm³/mol. The molecule has 0 spiro atoms. The first kappa shape index (κ1) is 22.0. The van der Waals surface area contributed by atoms with Crippen molar-refractivity contribution in [2.24, 2.45) is 4.99 Å². The molecule has 0 bridgehead atoms. The topological polar surface area (TPSA) is 67.8 Å². The number of thiophene rings is 1. The summed E-state index contributed by atoms with van der Waals surface area (Å²) < 4.78 is 11.0. The van der Waals surface area contributed by atoms with Gasteiger partial charge < -0.3 is 20.1 Å². The fourth-order valence-corrected chi connectivity index (χ4v) is 3.02. The Bertz CT molecular complexity index is 870. The van der Waals surface area contributed by atoms with Crippen LogP contribution in [-0.4, -0.2) is 25.1 Å². The number of hydrogen-bond acceptors (Lipinski definition) is 5. The normalized spacial score (nSPS) is 10.7. The Hall–Kier alpha value is -2.33. The lowest BCUT2D eigenvalue weighted by Gasteiger charge is -2.11. The minimum absolute atomic E-state index is 0. The van der Waals surface area contributed by atoms with E-state index in [0.29, 0.717) is 18.2 Å². The average Bonchev–Trinajstić information content (AvgIpc) is 3.23. The third-order valence-electron chi connectivity index (χ3n) is 3.78. The van der Waals surface area contributed by atoms with Gasteiger partial charge in [-0.15, -0.1) is 24.0 Å². The summed E-state index contributed by atoms with van der Waals surface area (Å²) in [4.78, 5) is 8.59. The summed E-state index contributed by atoms with van der Waals surface area (Å²) in [6.45, 7) is 1.37. The van der Waals surface area contributed by atoms with E-state index in [2.05, 4.69) is 37.4 Å². The van der Waals surface area contributed by atoms with Crippen LogP contribution in [0.3, 0.4) is 0 Å². The molecule has 0 unspecified atom stereocenters. The Morgan fingerprint density at radius 2 is 1.86 bits per heavy atom. The molecule has 0 radical (unpaired) electrons. The van der Waals surface area contributed by atoms with Crippen molar-refractivity contribution in [2.75, 3.05) is 14.2 Å². The molecule has 3 rings (SSSR count). The van der Waals surface area contributed by atoms with Gasteiger partial charge in [-0.2, -0.15) is 11.3 Å². The average molecular weight is 510 g/mol. The van der Waals surface area contributed by atoms with Crippen LogP contribution in [0.4, 0.5) is 0 Å². The number of pyridine rings is 1. The van der Waals surface area contributed by atoms with Crippen LogP contribution in [-0.2, 0) is 13.1 Å². The second-order valence-corrected chi connectivity index (χ2v) is 6.48. The number of rotatable bonds is 7. The van der Waals surface area contributed by atoms with Crippen molar-refractivity contribution in [3.05, 3.63) is 70.5 Å². The van der Waals surface area contributed by atoms with E-state index in [-0.39, 0.29) is 24.0 Å². The number of hydrogen-bond donors (Lipinski definition) is 2. The number of methoxy groups -OCH3 is 1. The van der Waals surface area contributed by atoms with Gasteiger partial charge in [-0.05, 0) is 40.1 Å². The zero-order valence-corrected chi connectivity index (χ0v) is 18.9. The van der Waals surface area contributed by atoms with Crippen molar-refractivity contribution in [1.82, 2.24) is 15.6 Å². The van der Waals surface area contributed by atoms with Crippen molar-refractivity contribution >= 4 is 41.3 Å². The minimum Gasteiger partial charge on any atom is -0.497 e. The molecule has 0 atom stereocenters. The Labute approximate surface area is 186 Å². The molecule has 8 heteroatoms. The van der Waals surface area contributed by atoms with Crippen molar-refractivity contribution in [3.8, 4) is 17.4 Å². The second-order valence-electron chi connectivity index (χ2n) is 5.70. The number of benzene rings is 1. The number of nitrogens with zero attached hydrogens (tertiary/aromatic N) is 2. The maximum absolute atomic E-state index is 5.76. The molecule has 2 N–H and O–H groups in total. The molecule has 148 valence electrons. The van der Waals surface area contributed by atoms with E-state index in [0.717, 1.165) is 23.8 Å². The smallest absolute Gasteiger partial charge is 0.219 e. The number of aliphatic imine (C=N–C) groups is 1. The van der Waals surface area contributed by atoms with Crippen LogP contribution >= 0.6 is 35.3 Å². The van der Waals surface area contributed by atoms with Gasteiger partial charge in [-0.25, -0.2) is 4.98 Å². The van der Waals surface area contributed by atoms with E-state index >= 15 is 0 Å². The number of ether oxygens (including phenoxy) is 2. The zero-order valence-electron chi connectivity index (χ0n) is 15.7. The molecule has 0 saturated heterocycles. The predicted octanol–water partition coefficient (Wildman–Crippen LogP) is 4.43. The molecule has 2 heterocycles. The zero-order chi connectivity index (χ0) is 18.9. The minimum atomic E-state index is 0. The van der Waals surface area contributed by atoms with Gasteiger partial charge in [0.2, 0.25) is 5.88 Å². The largest absolute Gasteiger partial charge is 0.497 e. The highest BCUT2D eigenvalue weighted by atomic mass is 127. The highest BCUT2D eigenvalue weighted by Crippen LogP contribution is 2.23. The Morgan fingerprint density at radius 1 is 1.07 bits per heavy atom. The summed E-state index contributed by atoms with van der Waals surface area (Å²) in [5.74, 6) is 2.71. The van der Waals surface area contributed by atoms with Gasteiger partial charge in [-0.3, -0.25) is 4.99 Å². The first-order valence-electron chi connectivity index (χ1n) is 8.49. The molecule has 6 nitrogen and oxygen atoms in total. The van der Waals surface area contributed by atoms with Gasteiger partial charge >= 0.3 is 0 Å². The van der Waals surface area contributed by atoms with Gasteiger partial charge in [-0.1, -0.05) is 12.1 Å². The summed E-state index contributed by atoms with van der Waals surface area (Å²) in [7, 11) is 3.38. The van der Waals surface area contributed by atoms with Crippen LogP contribution in [0, 0.1) is 0 Å². The van der Waals surface area contributed by atoms with Crippen LogP contribution in [0.25, 0.3) is 0 Å². The molecular weight excluding hydrogens is 487 g/mol. The van der Waals surface area contributed by atoms with E-state index in [9.17, 15) is 0 Å². The van der Waals surface area contributed by atoms with Crippen molar-refractivity contribution in [3.63, 3.8) is 0 Å². The van der Waals surface area contributed by atoms with E-state index in [1.54, 1.807) is 31.7 Å². The molecule has 0 aliphatic rings. The first-order valence-corrected chi connectivity index (χ1v) is 9.43. The number of aromatic nitrogens is 1. The standard InChI is InChI=1S/C20H22N4O2S.HI/c1-21-20(24-13-16-8-9-27-14-16)23-12-15-6-7-19(22-11-15)26-18-5-3-4-17(10-18)25-2;/h3-11,14H,12-13H2,1-2H3,(H2,21,23,24);1H. The summed E-state index contributed by atoms with van der Waals surface area (Å²) in [6, 6.07) is 13.3. The Kier molecular flexibility index (Phi) is 9.02. The third-order valence-corrected chi connectivity index (χ3v) is 4.52. The monoisotopic (exact) mass is 510 g/mol. The first-order chi connectivity index (χ1) is 13.3. The molecule has 0 fully saturated rings. The maximum atomic E-state index is 5.76. The summed E-state index contributed by atoms with van der Waals surface area (Å²) >= 11 is 1.69. The summed E-state index contributed by atoms with van der Waals surface area (Å²) in [5.41, 5.74) is 2.27. The fraction of sp³-hybridized carbons (Fsp3) is 0.200. The lowest BCUT2D eigenvalue weighted by Crippen LogP contribution is -2.36. The maximum Gasteiger partial charge on any atom is 0.219 e. The van der Waals surface area contributed by atoms with Crippen molar-refractivity contribution < 1.29 is 9.47 Å². The molecule has 0 aliphatic carbocycles. The van der Waals surface area contributed by atoms with Crippen LogP contribution in [0.1, 0.15) is 11.1 Å². The number of nitrogens with one attached hydrogen (secondary N) is 2. The van der Waals surface area contributed by atoms with Crippen LogP contribution < -0.4 is 20.1 Å². The van der Waals surface area contributed by atoms with Crippen molar-refractivity contribution in [2.45, 2.75) is 13.1 Å². The quantitative estimate of drug-likeness (QED) is 0.280. The lowest BCUT2D eigenvalue weighted by atomic mass is 10.3. The van der Waals surface area contributed by atoms with E-state index in [1.165, 1.54) is 5.56 Å². The molecule has 2 aromatic heterocycles. The van der Waals surface area contributed by atoms with Gasteiger partial charge in [0.1, 0.15) is 11.5 Å². The SMILES string of the molecule is CN=C(NCc1ccc(Oc2cccc(OC)c2)nc1)NCc1ccsc1.I. The van der Waals surface area contributed by atoms with Gasteiger partial charge in [0.05, 0.1) is 7.11 Å². The molecule has 0 aliphatic heterocycles. The molecule has 28 heavy (non-hydrogen) atoms. The van der Waals surface area contributed by atoms with Crippen LogP contribution in [0.5, 0.6) is 17.4 Å². The molecule has 0 amide bonds. The highest BCUT2D eigenvalue weighted by Gasteiger charge is 2.03. The summed E-state index contributed by atoms with van der Waals surface area (Å²) in [5, 5.41) is 10.7. The van der Waals surface area contributed by atoms with E-state index in [4.69, 9.17) is 9.47 Å². The van der Waals surface area contributed by atoms with Crippen LogP contribution in [0.15, 0.2) is 64.4 Å². The van der Waals surface area contributed by atoms with Crippen molar-refractivity contribution in [1.29, 1.82) is 0 Å². The Morgan fingerprint density at radius 3 is 2.50 bits per heavy atom. The van der Waals surface area contributed by atoms with Gasteiger partial charge in [0.15, 0.2) is 5.96 Å². The third kappa shape index (κ3) is 6.68. The van der Waals surface area contributed by atoms with Crippen LogP contribution in [0.2, 0.25) is 0 Å². The summed E-state index contributed by atoms with van der Waals surface area (Å²) in [6.07, 6.45) is 1.79. The fourth-order valence-electron chi connectivity index (χ4n) is 2.35. The molecule has 3 aromatic rings. The van der Waals surface area contributed by atoms with E-state index < -0.39 is 0 Å².